The van der Waals surface area contributed by atoms with Gasteiger partial charge in [0.1, 0.15) is 11.7 Å². The molecule has 0 radical (unpaired) electrons. The molecule has 1 aliphatic heterocycles. The molecule has 1 aromatic carbocycles. The van der Waals surface area contributed by atoms with E-state index in [1.165, 1.54) is 6.07 Å². The zero-order valence-corrected chi connectivity index (χ0v) is 9.37. The number of aryl methyl sites for hydroxylation is 1. The number of nitrogens with zero attached hydrogens (tertiary/aromatic N) is 2. The smallest absolute Gasteiger partial charge is 0.126 e. The van der Waals surface area contributed by atoms with Crippen molar-refractivity contribution in [2.75, 3.05) is 0 Å². The summed E-state index contributed by atoms with van der Waals surface area (Å²) in [6.07, 6.45) is 0.706. The van der Waals surface area contributed by atoms with Crippen LogP contribution in [0.25, 0.3) is 0 Å². The second-order valence-corrected chi connectivity index (χ2v) is 4.14. The maximum absolute atomic E-state index is 13.4. The summed E-state index contributed by atoms with van der Waals surface area (Å²) in [4.78, 5) is 0. The molecule has 1 aliphatic rings. The molecule has 1 heterocycles. The fourth-order valence-electron chi connectivity index (χ4n) is 1.60. The lowest BCUT2D eigenvalue weighted by Gasteiger charge is -2.16. The SMILES string of the molecule is Cc1ccc(C2=NN=C(N)C(C)C2)cc1F. The van der Waals surface area contributed by atoms with Crippen molar-refractivity contribution in [2.24, 2.45) is 21.9 Å². The van der Waals surface area contributed by atoms with E-state index in [2.05, 4.69) is 10.2 Å². The second kappa shape index (κ2) is 4.04. The summed E-state index contributed by atoms with van der Waals surface area (Å²) < 4.78 is 13.4. The minimum absolute atomic E-state index is 0.164. The van der Waals surface area contributed by atoms with Crippen molar-refractivity contribution >= 4 is 11.5 Å². The molecule has 0 spiro atoms. The van der Waals surface area contributed by atoms with Gasteiger partial charge in [-0.05, 0) is 18.6 Å². The Morgan fingerprint density at radius 2 is 2.12 bits per heavy atom. The average molecular weight is 219 g/mol. The number of benzene rings is 1. The quantitative estimate of drug-likeness (QED) is 0.773. The lowest BCUT2D eigenvalue weighted by atomic mass is 9.96. The topological polar surface area (TPSA) is 50.7 Å². The number of hydrogen-bond donors (Lipinski definition) is 1. The van der Waals surface area contributed by atoms with Crippen LogP contribution < -0.4 is 5.73 Å². The molecular weight excluding hydrogens is 205 g/mol. The van der Waals surface area contributed by atoms with Crippen molar-refractivity contribution in [3.05, 3.63) is 35.1 Å². The molecular formula is C12H14FN3. The summed E-state index contributed by atoms with van der Waals surface area (Å²) in [5.41, 5.74) is 7.85. The van der Waals surface area contributed by atoms with Crippen LogP contribution in [0.4, 0.5) is 4.39 Å². The van der Waals surface area contributed by atoms with Crippen LogP contribution in [0.2, 0.25) is 0 Å². The highest BCUT2D eigenvalue weighted by Gasteiger charge is 2.17. The van der Waals surface area contributed by atoms with Crippen molar-refractivity contribution in [2.45, 2.75) is 20.3 Å². The minimum atomic E-state index is -0.213. The molecule has 4 heteroatoms. The fraction of sp³-hybridized carbons (Fsp3) is 0.333. The van der Waals surface area contributed by atoms with Gasteiger partial charge in [-0.1, -0.05) is 19.1 Å². The van der Waals surface area contributed by atoms with E-state index < -0.39 is 0 Å². The van der Waals surface area contributed by atoms with Crippen molar-refractivity contribution in [1.29, 1.82) is 0 Å². The van der Waals surface area contributed by atoms with Gasteiger partial charge in [0.15, 0.2) is 0 Å². The van der Waals surface area contributed by atoms with Gasteiger partial charge in [-0.3, -0.25) is 0 Å². The molecule has 16 heavy (non-hydrogen) atoms. The van der Waals surface area contributed by atoms with Crippen LogP contribution in [0, 0.1) is 18.7 Å². The van der Waals surface area contributed by atoms with Crippen LogP contribution in [-0.4, -0.2) is 11.5 Å². The Kier molecular flexibility index (Phi) is 2.73. The van der Waals surface area contributed by atoms with Crippen molar-refractivity contribution < 1.29 is 4.39 Å². The van der Waals surface area contributed by atoms with E-state index in [1.807, 2.05) is 13.0 Å². The summed E-state index contributed by atoms with van der Waals surface area (Å²) >= 11 is 0. The zero-order valence-electron chi connectivity index (χ0n) is 9.37. The molecule has 0 bridgehead atoms. The lowest BCUT2D eigenvalue weighted by molar-refractivity contribution is 0.618. The third-order valence-corrected chi connectivity index (χ3v) is 2.80. The normalized spacial score (nSPS) is 20.3. The molecule has 1 unspecified atom stereocenters. The number of hydrogen-bond acceptors (Lipinski definition) is 3. The van der Waals surface area contributed by atoms with Gasteiger partial charge in [0.25, 0.3) is 0 Å². The first-order valence-electron chi connectivity index (χ1n) is 5.24. The molecule has 3 nitrogen and oxygen atoms in total. The van der Waals surface area contributed by atoms with Crippen LogP contribution in [0.5, 0.6) is 0 Å². The Hall–Kier alpha value is -1.71. The van der Waals surface area contributed by atoms with Gasteiger partial charge in [0, 0.05) is 17.9 Å². The fourth-order valence-corrected chi connectivity index (χ4v) is 1.60. The summed E-state index contributed by atoms with van der Waals surface area (Å²) in [6, 6.07) is 5.11. The van der Waals surface area contributed by atoms with E-state index in [9.17, 15) is 4.39 Å². The average Bonchev–Trinajstić information content (AvgIpc) is 2.26. The number of amidine groups is 1. The van der Waals surface area contributed by atoms with Gasteiger partial charge < -0.3 is 5.73 Å². The van der Waals surface area contributed by atoms with Crippen molar-refractivity contribution in [1.82, 2.24) is 0 Å². The van der Waals surface area contributed by atoms with Gasteiger partial charge in [0.05, 0.1) is 5.71 Å². The van der Waals surface area contributed by atoms with Crippen molar-refractivity contribution in [3.8, 4) is 0 Å². The van der Waals surface area contributed by atoms with Gasteiger partial charge >= 0.3 is 0 Å². The van der Waals surface area contributed by atoms with E-state index in [0.29, 0.717) is 17.8 Å². The monoisotopic (exact) mass is 219 g/mol. The van der Waals surface area contributed by atoms with Crippen LogP contribution in [0.1, 0.15) is 24.5 Å². The standard InChI is InChI=1S/C12H14FN3/c1-7-3-4-9(6-10(7)13)11-5-8(2)12(14)16-15-11/h3-4,6,8H,5H2,1-2H3,(H2,14,16). The molecule has 0 amide bonds. The van der Waals surface area contributed by atoms with Crippen molar-refractivity contribution in [3.63, 3.8) is 0 Å². The second-order valence-electron chi connectivity index (χ2n) is 4.14. The Labute approximate surface area is 93.9 Å². The van der Waals surface area contributed by atoms with Crippen LogP contribution in [-0.2, 0) is 0 Å². The van der Waals surface area contributed by atoms with Gasteiger partial charge in [0.2, 0.25) is 0 Å². The Balaban J connectivity index is 2.35. The van der Waals surface area contributed by atoms with Gasteiger partial charge in [-0.15, -0.1) is 5.10 Å². The first-order chi connectivity index (χ1) is 7.58. The number of halogens is 1. The van der Waals surface area contributed by atoms with Gasteiger partial charge in [-0.2, -0.15) is 5.10 Å². The lowest BCUT2D eigenvalue weighted by Crippen LogP contribution is -2.26. The highest BCUT2D eigenvalue weighted by atomic mass is 19.1. The number of rotatable bonds is 1. The van der Waals surface area contributed by atoms with E-state index in [4.69, 9.17) is 5.73 Å². The Morgan fingerprint density at radius 1 is 1.38 bits per heavy atom. The molecule has 0 saturated carbocycles. The first-order valence-corrected chi connectivity index (χ1v) is 5.24. The van der Waals surface area contributed by atoms with E-state index in [0.717, 1.165) is 11.3 Å². The maximum Gasteiger partial charge on any atom is 0.126 e. The summed E-state index contributed by atoms with van der Waals surface area (Å²) in [5.74, 6) is 0.489. The Morgan fingerprint density at radius 3 is 2.75 bits per heavy atom. The molecule has 1 atom stereocenters. The molecule has 0 aliphatic carbocycles. The predicted octanol–water partition coefficient (Wildman–Crippen LogP) is 2.24. The molecule has 84 valence electrons. The van der Waals surface area contributed by atoms with Gasteiger partial charge in [-0.25, -0.2) is 4.39 Å². The summed E-state index contributed by atoms with van der Waals surface area (Å²) in [5, 5.41) is 7.90. The van der Waals surface area contributed by atoms with E-state index >= 15 is 0 Å². The molecule has 0 fully saturated rings. The molecule has 0 aromatic heterocycles. The maximum atomic E-state index is 13.4. The minimum Gasteiger partial charge on any atom is -0.385 e. The Bertz CT molecular complexity index is 477. The largest absolute Gasteiger partial charge is 0.385 e. The number of nitrogens with two attached hydrogens (primary N) is 1. The summed E-state index contributed by atoms with van der Waals surface area (Å²) in [6.45, 7) is 3.72. The predicted molar refractivity (Wildman–Crippen MR) is 63.1 cm³/mol. The van der Waals surface area contributed by atoms with Crippen LogP contribution >= 0.6 is 0 Å². The highest BCUT2D eigenvalue weighted by Crippen LogP contribution is 2.17. The molecule has 1 aromatic rings. The molecule has 0 saturated heterocycles. The van der Waals surface area contributed by atoms with Crippen LogP contribution in [0.15, 0.2) is 28.4 Å². The van der Waals surface area contributed by atoms with E-state index in [1.54, 1.807) is 13.0 Å². The zero-order chi connectivity index (χ0) is 11.7. The molecule has 2 N–H and O–H groups in total. The summed E-state index contributed by atoms with van der Waals surface area (Å²) in [7, 11) is 0. The van der Waals surface area contributed by atoms with E-state index in [-0.39, 0.29) is 11.7 Å². The third kappa shape index (κ3) is 1.96. The highest BCUT2D eigenvalue weighted by molar-refractivity contribution is 6.04. The van der Waals surface area contributed by atoms with Crippen LogP contribution in [0.3, 0.4) is 0 Å². The third-order valence-electron chi connectivity index (χ3n) is 2.80. The molecule has 2 rings (SSSR count). The first kappa shape index (κ1) is 10.8.